The largest absolute Gasteiger partial charge is 0.343 e. The molecule has 3 aromatic rings. The zero-order valence-corrected chi connectivity index (χ0v) is 16.3. The Morgan fingerprint density at radius 2 is 1.48 bits per heavy atom. The van der Waals surface area contributed by atoms with Gasteiger partial charge >= 0.3 is 0 Å². The average Bonchev–Trinajstić information content (AvgIpc) is 3.28. The van der Waals surface area contributed by atoms with E-state index in [2.05, 4.69) is 70.9 Å². The van der Waals surface area contributed by atoms with E-state index in [0.29, 0.717) is 12.3 Å². The molecule has 0 unspecified atom stereocenters. The van der Waals surface area contributed by atoms with E-state index >= 15 is 0 Å². The van der Waals surface area contributed by atoms with Gasteiger partial charge in [-0.25, -0.2) is 0 Å². The first-order chi connectivity index (χ1) is 13.3. The molecule has 4 rings (SSSR count). The number of amides is 1. The van der Waals surface area contributed by atoms with Crippen molar-refractivity contribution in [1.82, 2.24) is 4.90 Å². The molecule has 0 bridgehead atoms. The number of rotatable bonds is 5. The van der Waals surface area contributed by atoms with Gasteiger partial charge in [-0.15, -0.1) is 11.3 Å². The molecule has 1 saturated heterocycles. The van der Waals surface area contributed by atoms with Crippen LogP contribution in [0.15, 0.2) is 78.2 Å². The maximum Gasteiger partial charge on any atom is 0.223 e. The Morgan fingerprint density at radius 1 is 0.889 bits per heavy atom. The molecule has 1 aliphatic heterocycles. The van der Waals surface area contributed by atoms with Gasteiger partial charge in [-0.2, -0.15) is 0 Å². The molecule has 1 fully saturated rings. The second-order valence-electron chi connectivity index (χ2n) is 7.25. The van der Waals surface area contributed by atoms with Crippen LogP contribution in [0, 0.1) is 0 Å². The second-order valence-corrected chi connectivity index (χ2v) is 8.23. The summed E-state index contributed by atoms with van der Waals surface area (Å²) in [6.07, 6.45) is 2.69. The molecule has 2 heterocycles. The Bertz CT molecular complexity index is 797. The average molecular weight is 376 g/mol. The van der Waals surface area contributed by atoms with Gasteiger partial charge in [-0.1, -0.05) is 66.7 Å². The highest BCUT2D eigenvalue weighted by atomic mass is 32.1. The minimum atomic E-state index is 0.120. The number of likely N-dealkylation sites (tertiary alicyclic amines) is 1. The fourth-order valence-electron chi connectivity index (χ4n) is 4.04. The maximum absolute atomic E-state index is 13.1. The number of carbonyl (C=O) groups is 1. The van der Waals surface area contributed by atoms with Crippen molar-refractivity contribution in [3.8, 4) is 0 Å². The highest BCUT2D eigenvalue weighted by Gasteiger charge is 2.27. The smallest absolute Gasteiger partial charge is 0.223 e. The minimum Gasteiger partial charge on any atom is -0.343 e. The van der Waals surface area contributed by atoms with Gasteiger partial charge in [0, 0.05) is 30.3 Å². The highest BCUT2D eigenvalue weighted by Crippen LogP contribution is 2.33. The number of benzene rings is 2. The van der Waals surface area contributed by atoms with Gasteiger partial charge in [0.15, 0.2) is 0 Å². The van der Waals surface area contributed by atoms with Crippen molar-refractivity contribution in [3.63, 3.8) is 0 Å². The summed E-state index contributed by atoms with van der Waals surface area (Å²) >= 11 is 1.84. The van der Waals surface area contributed by atoms with Crippen LogP contribution < -0.4 is 0 Å². The van der Waals surface area contributed by atoms with Crippen molar-refractivity contribution in [2.24, 2.45) is 0 Å². The lowest BCUT2D eigenvalue weighted by molar-refractivity contribution is -0.132. The Morgan fingerprint density at radius 3 is 2.00 bits per heavy atom. The zero-order valence-electron chi connectivity index (χ0n) is 15.5. The molecule has 2 nitrogen and oxygen atoms in total. The summed E-state index contributed by atoms with van der Waals surface area (Å²) in [6, 6.07) is 25.2. The predicted molar refractivity (Wildman–Crippen MR) is 112 cm³/mol. The lowest BCUT2D eigenvalue weighted by Gasteiger charge is -2.32. The number of carbonyl (C=O) groups excluding carboxylic acids is 1. The summed E-state index contributed by atoms with van der Waals surface area (Å²) in [6.45, 7) is 1.75. The maximum atomic E-state index is 13.1. The van der Waals surface area contributed by atoms with E-state index in [4.69, 9.17) is 0 Å². The van der Waals surface area contributed by atoms with Crippen LogP contribution in [0.1, 0.15) is 47.1 Å². The number of piperidine rings is 1. The first-order valence-corrected chi connectivity index (χ1v) is 10.6. The SMILES string of the molecule is O=C(CC(c1ccccc1)c1ccccc1)N1CCC(c2cccs2)CC1. The molecule has 0 aliphatic carbocycles. The molecule has 0 N–H and O–H groups in total. The van der Waals surface area contributed by atoms with Gasteiger partial charge in [0.25, 0.3) is 0 Å². The van der Waals surface area contributed by atoms with E-state index < -0.39 is 0 Å². The third-order valence-corrected chi connectivity index (χ3v) is 6.61. The second kappa shape index (κ2) is 8.53. The number of hydrogen-bond donors (Lipinski definition) is 0. The van der Waals surface area contributed by atoms with Crippen molar-refractivity contribution in [1.29, 1.82) is 0 Å². The molecule has 0 radical (unpaired) electrons. The normalized spacial score (nSPS) is 15.2. The first kappa shape index (κ1) is 18.0. The van der Waals surface area contributed by atoms with E-state index in [9.17, 15) is 4.79 Å². The molecule has 0 spiro atoms. The lowest BCUT2D eigenvalue weighted by Crippen LogP contribution is -2.38. The van der Waals surface area contributed by atoms with Crippen LogP contribution in [0.4, 0.5) is 0 Å². The summed E-state index contributed by atoms with van der Waals surface area (Å²) in [5.74, 6) is 1.01. The number of nitrogens with zero attached hydrogens (tertiary/aromatic N) is 1. The van der Waals surface area contributed by atoms with E-state index in [1.54, 1.807) is 0 Å². The summed E-state index contributed by atoms with van der Waals surface area (Å²) in [4.78, 5) is 16.6. The van der Waals surface area contributed by atoms with Crippen LogP contribution in [-0.2, 0) is 4.79 Å². The molecule has 1 aromatic heterocycles. The quantitative estimate of drug-likeness (QED) is 0.562. The highest BCUT2D eigenvalue weighted by molar-refractivity contribution is 7.10. The molecule has 3 heteroatoms. The van der Waals surface area contributed by atoms with Gasteiger partial charge < -0.3 is 4.90 Å². The van der Waals surface area contributed by atoms with Crippen molar-refractivity contribution in [2.75, 3.05) is 13.1 Å². The van der Waals surface area contributed by atoms with Crippen LogP contribution in [0.5, 0.6) is 0 Å². The van der Waals surface area contributed by atoms with Crippen molar-refractivity contribution in [2.45, 2.75) is 31.1 Å². The fraction of sp³-hybridized carbons (Fsp3) is 0.292. The van der Waals surface area contributed by atoms with Crippen LogP contribution in [-0.4, -0.2) is 23.9 Å². The van der Waals surface area contributed by atoms with Crippen LogP contribution in [0.2, 0.25) is 0 Å². The summed E-state index contributed by atoms with van der Waals surface area (Å²) in [5, 5.41) is 2.15. The van der Waals surface area contributed by atoms with E-state index in [1.807, 2.05) is 23.5 Å². The molecule has 27 heavy (non-hydrogen) atoms. The van der Waals surface area contributed by atoms with Gasteiger partial charge in [0.05, 0.1) is 0 Å². The van der Waals surface area contributed by atoms with Crippen molar-refractivity contribution in [3.05, 3.63) is 94.2 Å². The molecule has 2 aromatic carbocycles. The third kappa shape index (κ3) is 4.30. The molecule has 1 amide bonds. The van der Waals surface area contributed by atoms with Crippen molar-refractivity contribution < 1.29 is 4.79 Å². The summed E-state index contributed by atoms with van der Waals surface area (Å²) < 4.78 is 0. The van der Waals surface area contributed by atoms with Gasteiger partial charge in [0.2, 0.25) is 5.91 Å². The zero-order chi connectivity index (χ0) is 18.5. The van der Waals surface area contributed by atoms with E-state index in [-0.39, 0.29) is 11.8 Å². The Hall–Kier alpha value is -2.39. The summed E-state index contributed by atoms with van der Waals surface area (Å²) in [5.41, 5.74) is 2.43. The van der Waals surface area contributed by atoms with Gasteiger partial charge in [0.1, 0.15) is 0 Å². The Balaban J connectivity index is 1.45. The fourth-order valence-corrected chi connectivity index (χ4v) is 4.94. The standard InChI is InChI=1S/C24H25NOS/c26-24(25-15-13-21(14-16-25)23-12-7-17-27-23)18-22(19-8-3-1-4-9-19)20-10-5-2-6-11-20/h1-12,17,21-22H,13-16,18H2. The Kier molecular flexibility index (Phi) is 5.69. The molecular weight excluding hydrogens is 350 g/mol. The van der Waals surface area contributed by atoms with Crippen LogP contribution in [0.3, 0.4) is 0 Å². The minimum absolute atomic E-state index is 0.120. The van der Waals surface area contributed by atoms with Crippen LogP contribution in [0.25, 0.3) is 0 Å². The molecule has 138 valence electrons. The predicted octanol–water partition coefficient (Wildman–Crippen LogP) is 5.68. The Labute approximate surface area is 165 Å². The third-order valence-electron chi connectivity index (χ3n) is 5.58. The van der Waals surface area contributed by atoms with Crippen molar-refractivity contribution >= 4 is 17.2 Å². The monoisotopic (exact) mass is 375 g/mol. The lowest BCUT2D eigenvalue weighted by atomic mass is 9.87. The van der Waals surface area contributed by atoms with E-state index in [0.717, 1.165) is 25.9 Å². The van der Waals surface area contributed by atoms with Gasteiger partial charge in [-0.3, -0.25) is 4.79 Å². The molecule has 0 atom stereocenters. The number of thiophene rings is 1. The molecule has 1 aliphatic rings. The number of hydrogen-bond acceptors (Lipinski definition) is 2. The van der Waals surface area contributed by atoms with Gasteiger partial charge in [-0.05, 0) is 41.3 Å². The van der Waals surface area contributed by atoms with E-state index in [1.165, 1.54) is 16.0 Å². The summed E-state index contributed by atoms with van der Waals surface area (Å²) in [7, 11) is 0. The van der Waals surface area contributed by atoms with Crippen LogP contribution >= 0.6 is 11.3 Å². The first-order valence-electron chi connectivity index (χ1n) is 9.72. The topological polar surface area (TPSA) is 20.3 Å². The molecule has 0 saturated carbocycles. The molecular formula is C24H25NOS.